The predicted molar refractivity (Wildman–Crippen MR) is 108 cm³/mol. The molecule has 0 heterocycles. The topological polar surface area (TPSA) is 39.7 Å². The second-order valence-electron chi connectivity index (χ2n) is 5.86. The van der Waals surface area contributed by atoms with E-state index in [-0.39, 0.29) is 42.9 Å². The average molecular weight is 490 g/mol. The fourth-order valence-corrected chi connectivity index (χ4v) is 2.31. The molecule has 150 valence electrons. The van der Waals surface area contributed by atoms with Gasteiger partial charge in [-0.3, -0.25) is 9.89 Å². The molecular formula is C17H27F4IN4. The maximum Gasteiger partial charge on any atom is 0.401 e. The van der Waals surface area contributed by atoms with Crippen molar-refractivity contribution in [3.63, 3.8) is 0 Å². The van der Waals surface area contributed by atoms with Crippen LogP contribution in [0, 0.1) is 12.7 Å². The molecular weight excluding hydrogens is 463 g/mol. The molecule has 0 bridgehead atoms. The number of nitrogens with one attached hydrogen (secondary N) is 2. The highest BCUT2D eigenvalue weighted by atomic mass is 127. The highest BCUT2D eigenvalue weighted by Crippen LogP contribution is 2.15. The number of aliphatic imine (C=N–C) groups is 1. The van der Waals surface area contributed by atoms with Crippen molar-refractivity contribution in [2.75, 3.05) is 39.8 Å². The van der Waals surface area contributed by atoms with Crippen molar-refractivity contribution in [1.82, 2.24) is 15.5 Å². The van der Waals surface area contributed by atoms with Gasteiger partial charge in [0, 0.05) is 19.6 Å². The highest BCUT2D eigenvalue weighted by Gasteiger charge is 2.28. The Labute approximate surface area is 169 Å². The third kappa shape index (κ3) is 10.8. The minimum atomic E-state index is -4.20. The number of aryl methyl sites for hydroxylation is 1. The molecule has 0 aliphatic heterocycles. The number of rotatable bonds is 8. The smallest absolute Gasteiger partial charge is 0.357 e. The van der Waals surface area contributed by atoms with Crippen molar-refractivity contribution >= 4 is 29.9 Å². The first kappa shape index (κ1) is 24.9. The maximum absolute atomic E-state index is 13.1. The molecule has 1 rings (SSSR count). The van der Waals surface area contributed by atoms with Gasteiger partial charge < -0.3 is 10.6 Å². The zero-order chi connectivity index (χ0) is 18.9. The standard InChI is InChI=1S/C17H26F4N4.HI/c1-4-22-16(24-9-10-25(3)12-17(19,20)21)23-8-7-14-5-6-15(18)11-13(14)2;/h5-6,11H,4,7-10,12H2,1-3H3,(H2,22,23,24);1H. The number of halogens is 5. The third-order valence-corrected chi connectivity index (χ3v) is 3.54. The summed E-state index contributed by atoms with van der Waals surface area (Å²) in [6.45, 7) is 4.54. The van der Waals surface area contributed by atoms with Gasteiger partial charge in [0.2, 0.25) is 0 Å². The van der Waals surface area contributed by atoms with Crippen LogP contribution in [-0.4, -0.2) is 56.8 Å². The van der Waals surface area contributed by atoms with Crippen LogP contribution in [-0.2, 0) is 6.42 Å². The quantitative estimate of drug-likeness (QED) is 0.254. The molecule has 0 aliphatic carbocycles. The van der Waals surface area contributed by atoms with Crippen LogP contribution in [0.4, 0.5) is 17.6 Å². The Kier molecular flexibility index (Phi) is 11.8. The Bertz CT molecular complexity index is 564. The third-order valence-electron chi connectivity index (χ3n) is 3.54. The summed E-state index contributed by atoms with van der Waals surface area (Å²) in [4.78, 5) is 5.47. The van der Waals surface area contributed by atoms with Gasteiger partial charge in [0.1, 0.15) is 5.82 Å². The molecule has 0 aliphatic rings. The van der Waals surface area contributed by atoms with Crippen LogP contribution in [0.3, 0.4) is 0 Å². The second kappa shape index (κ2) is 12.3. The Hall–Kier alpha value is -1.10. The minimum absolute atomic E-state index is 0. The summed E-state index contributed by atoms with van der Waals surface area (Å²) in [6.07, 6.45) is -3.50. The van der Waals surface area contributed by atoms with Crippen molar-refractivity contribution in [3.05, 3.63) is 35.1 Å². The molecule has 9 heteroatoms. The van der Waals surface area contributed by atoms with Gasteiger partial charge in [-0.1, -0.05) is 6.07 Å². The van der Waals surface area contributed by atoms with Gasteiger partial charge in [0.05, 0.1) is 13.1 Å². The lowest BCUT2D eigenvalue weighted by molar-refractivity contribution is -0.142. The molecule has 4 nitrogen and oxygen atoms in total. The maximum atomic E-state index is 13.1. The van der Waals surface area contributed by atoms with Crippen LogP contribution in [0.2, 0.25) is 0 Å². The number of likely N-dealkylation sites (N-methyl/N-ethyl adjacent to an activating group) is 1. The first-order valence-electron chi connectivity index (χ1n) is 8.23. The number of nitrogens with zero attached hydrogens (tertiary/aromatic N) is 2. The zero-order valence-electron chi connectivity index (χ0n) is 15.3. The first-order valence-corrected chi connectivity index (χ1v) is 8.23. The van der Waals surface area contributed by atoms with Crippen molar-refractivity contribution in [3.8, 4) is 0 Å². The van der Waals surface area contributed by atoms with E-state index in [0.29, 0.717) is 25.5 Å². The lowest BCUT2D eigenvalue weighted by Gasteiger charge is -2.18. The van der Waals surface area contributed by atoms with E-state index in [9.17, 15) is 17.6 Å². The molecule has 0 saturated carbocycles. The van der Waals surface area contributed by atoms with Crippen LogP contribution in [0.1, 0.15) is 18.1 Å². The molecule has 0 amide bonds. The van der Waals surface area contributed by atoms with Crippen LogP contribution < -0.4 is 10.6 Å². The van der Waals surface area contributed by atoms with Crippen molar-refractivity contribution in [1.29, 1.82) is 0 Å². The van der Waals surface area contributed by atoms with E-state index >= 15 is 0 Å². The van der Waals surface area contributed by atoms with E-state index < -0.39 is 12.7 Å². The molecule has 0 aromatic heterocycles. The molecule has 1 aromatic carbocycles. The molecule has 0 atom stereocenters. The SMILES string of the molecule is CCNC(=NCCN(C)CC(F)(F)F)NCCc1ccc(F)cc1C.I. The first-order chi connectivity index (χ1) is 11.7. The molecule has 1 aromatic rings. The summed E-state index contributed by atoms with van der Waals surface area (Å²) in [5, 5.41) is 6.19. The van der Waals surface area contributed by atoms with E-state index in [1.54, 1.807) is 6.07 Å². The van der Waals surface area contributed by atoms with Crippen molar-refractivity contribution < 1.29 is 17.6 Å². The van der Waals surface area contributed by atoms with Gasteiger partial charge in [0.25, 0.3) is 0 Å². The number of guanidine groups is 1. The minimum Gasteiger partial charge on any atom is -0.357 e. The Balaban J connectivity index is 0.00000625. The molecule has 26 heavy (non-hydrogen) atoms. The van der Waals surface area contributed by atoms with Crippen molar-refractivity contribution in [2.24, 2.45) is 4.99 Å². The Morgan fingerprint density at radius 3 is 2.50 bits per heavy atom. The number of hydrogen-bond acceptors (Lipinski definition) is 2. The Morgan fingerprint density at radius 1 is 1.23 bits per heavy atom. The van der Waals surface area contributed by atoms with Gasteiger partial charge in [-0.15, -0.1) is 24.0 Å². The molecule has 0 fully saturated rings. The Morgan fingerprint density at radius 2 is 1.92 bits per heavy atom. The molecule has 0 radical (unpaired) electrons. The lowest BCUT2D eigenvalue weighted by atomic mass is 10.1. The van der Waals surface area contributed by atoms with Crippen LogP contribution in [0.15, 0.2) is 23.2 Å². The van der Waals surface area contributed by atoms with Gasteiger partial charge in [-0.2, -0.15) is 13.2 Å². The molecule has 2 N–H and O–H groups in total. The second-order valence-corrected chi connectivity index (χ2v) is 5.86. The number of hydrogen-bond donors (Lipinski definition) is 2. The van der Waals surface area contributed by atoms with Crippen LogP contribution in [0.5, 0.6) is 0 Å². The summed E-state index contributed by atoms with van der Waals surface area (Å²) >= 11 is 0. The lowest BCUT2D eigenvalue weighted by Crippen LogP contribution is -2.39. The summed E-state index contributed by atoms with van der Waals surface area (Å²) in [5.74, 6) is 0.301. The normalized spacial score (nSPS) is 12.1. The van der Waals surface area contributed by atoms with Gasteiger partial charge in [0.15, 0.2) is 5.96 Å². The summed E-state index contributed by atoms with van der Waals surface area (Å²) in [7, 11) is 1.42. The molecule has 0 spiro atoms. The number of benzene rings is 1. The molecule has 0 unspecified atom stereocenters. The van der Waals surface area contributed by atoms with Gasteiger partial charge >= 0.3 is 6.18 Å². The fraction of sp³-hybridized carbons (Fsp3) is 0.588. The van der Waals surface area contributed by atoms with E-state index in [4.69, 9.17) is 0 Å². The van der Waals surface area contributed by atoms with Crippen LogP contribution >= 0.6 is 24.0 Å². The van der Waals surface area contributed by atoms with E-state index in [2.05, 4.69) is 15.6 Å². The monoisotopic (exact) mass is 490 g/mol. The van der Waals surface area contributed by atoms with E-state index in [1.807, 2.05) is 13.8 Å². The van der Waals surface area contributed by atoms with Gasteiger partial charge in [-0.25, -0.2) is 4.39 Å². The zero-order valence-corrected chi connectivity index (χ0v) is 17.6. The number of alkyl halides is 3. The highest BCUT2D eigenvalue weighted by molar-refractivity contribution is 14.0. The predicted octanol–water partition coefficient (Wildman–Crippen LogP) is 3.34. The van der Waals surface area contributed by atoms with E-state index in [1.165, 1.54) is 24.1 Å². The summed E-state index contributed by atoms with van der Waals surface area (Å²) < 4.78 is 49.9. The van der Waals surface area contributed by atoms with E-state index in [0.717, 1.165) is 11.1 Å². The van der Waals surface area contributed by atoms with Gasteiger partial charge in [-0.05, 0) is 50.6 Å². The van der Waals surface area contributed by atoms with Crippen molar-refractivity contribution in [2.45, 2.75) is 26.4 Å². The largest absolute Gasteiger partial charge is 0.401 e. The summed E-state index contributed by atoms with van der Waals surface area (Å²) in [6, 6.07) is 4.67. The average Bonchev–Trinajstić information content (AvgIpc) is 2.47. The van der Waals surface area contributed by atoms with Crippen LogP contribution in [0.25, 0.3) is 0 Å². The fourth-order valence-electron chi connectivity index (χ4n) is 2.31. The molecule has 0 saturated heterocycles. The summed E-state index contributed by atoms with van der Waals surface area (Å²) in [5.41, 5.74) is 1.92.